The normalized spacial score (nSPS) is 11.7. The van der Waals surface area contributed by atoms with Gasteiger partial charge in [0.25, 0.3) is 0 Å². The Labute approximate surface area is 273 Å². The van der Waals surface area contributed by atoms with E-state index in [0.29, 0.717) is 17.2 Å². The molecule has 0 unspecified atom stereocenters. The lowest BCUT2D eigenvalue weighted by molar-refractivity contribution is 0.400. The highest BCUT2D eigenvalue weighted by Crippen LogP contribution is 2.32. The number of anilines is 1. The fourth-order valence-corrected chi connectivity index (χ4v) is 5.60. The van der Waals surface area contributed by atoms with Crippen molar-refractivity contribution in [2.75, 3.05) is 26.0 Å². The number of benzene rings is 2. The SMILES string of the molecule is C=C/C=C(/c1cc(F)cc(CCCN(C)C)c1)c1nc(-c2n[nH]c3cnc(-c4cncc(NC(=C)c5ccccc5)c4)cc23)[nH]c1C. The lowest BCUT2D eigenvalue weighted by Gasteiger charge is -2.11. The number of nitrogens with zero attached hydrogens (tertiary/aromatic N) is 5. The number of aryl methyl sites for hydroxylation is 2. The summed E-state index contributed by atoms with van der Waals surface area (Å²) in [5.41, 5.74) is 9.59. The van der Waals surface area contributed by atoms with Crippen LogP contribution in [0.15, 0.2) is 105 Å². The van der Waals surface area contributed by atoms with E-state index in [2.05, 4.69) is 48.5 Å². The summed E-state index contributed by atoms with van der Waals surface area (Å²) in [5.74, 6) is 0.313. The third-order valence-corrected chi connectivity index (χ3v) is 7.89. The molecule has 8 nitrogen and oxygen atoms in total. The Kier molecular flexibility index (Phi) is 9.17. The van der Waals surface area contributed by atoms with Gasteiger partial charge in [0.2, 0.25) is 0 Å². The minimum absolute atomic E-state index is 0.276. The van der Waals surface area contributed by atoms with Crippen LogP contribution >= 0.6 is 0 Å². The summed E-state index contributed by atoms with van der Waals surface area (Å²) in [4.78, 5) is 19.6. The van der Waals surface area contributed by atoms with Crippen LogP contribution in [0.2, 0.25) is 0 Å². The third-order valence-electron chi connectivity index (χ3n) is 7.89. The Morgan fingerprint density at radius 3 is 2.64 bits per heavy atom. The van der Waals surface area contributed by atoms with E-state index in [1.807, 2.05) is 75.6 Å². The molecular weight excluding hydrogens is 587 g/mol. The van der Waals surface area contributed by atoms with E-state index in [1.54, 1.807) is 36.8 Å². The van der Waals surface area contributed by atoms with Gasteiger partial charge in [-0.25, -0.2) is 9.37 Å². The summed E-state index contributed by atoms with van der Waals surface area (Å²) in [5, 5.41) is 11.9. The van der Waals surface area contributed by atoms with Crippen LogP contribution in [0, 0.1) is 12.7 Å². The molecule has 0 aliphatic rings. The van der Waals surface area contributed by atoms with Gasteiger partial charge in [0, 0.05) is 34.1 Å². The van der Waals surface area contributed by atoms with Crippen LogP contribution in [0.4, 0.5) is 10.1 Å². The monoisotopic (exact) mass is 624 g/mol. The van der Waals surface area contributed by atoms with Crippen LogP contribution in [0.1, 0.15) is 34.5 Å². The fraction of sp³-hybridized carbons (Fsp3) is 0.158. The minimum atomic E-state index is -0.276. The first-order chi connectivity index (χ1) is 22.8. The molecule has 0 saturated heterocycles. The van der Waals surface area contributed by atoms with E-state index in [0.717, 1.165) is 80.9 Å². The molecular formula is C38H37FN8. The maximum absolute atomic E-state index is 14.9. The van der Waals surface area contributed by atoms with Gasteiger partial charge in [-0.15, -0.1) is 0 Å². The number of aromatic nitrogens is 6. The molecule has 0 spiro atoms. The van der Waals surface area contributed by atoms with Crippen molar-refractivity contribution in [3.63, 3.8) is 0 Å². The number of halogens is 1. The van der Waals surface area contributed by atoms with Gasteiger partial charge in [0.05, 0.1) is 35.0 Å². The Bertz CT molecular complexity index is 2090. The Morgan fingerprint density at radius 2 is 1.85 bits per heavy atom. The number of allylic oxidation sites excluding steroid dienone is 2. The zero-order valence-corrected chi connectivity index (χ0v) is 26.8. The van der Waals surface area contributed by atoms with Crippen molar-refractivity contribution in [1.82, 2.24) is 35.0 Å². The molecule has 0 atom stereocenters. The molecule has 236 valence electrons. The van der Waals surface area contributed by atoms with Crippen molar-refractivity contribution in [2.24, 2.45) is 0 Å². The van der Waals surface area contributed by atoms with Crippen molar-refractivity contribution < 1.29 is 4.39 Å². The zero-order chi connectivity index (χ0) is 32.9. The van der Waals surface area contributed by atoms with Crippen LogP contribution < -0.4 is 5.32 Å². The largest absolute Gasteiger partial charge is 0.354 e. The van der Waals surface area contributed by atoms with Crippen molar-refractivity contribution in [3.8, 4) is 22.8 Å². The highest BCUT2D eigenvalue weighted by atomic mass is 19.1. The summed E-state index contributed by atoms with van der Waals surface area (Å²) in [6.45, 7) is 11.0. The maximum atomic E-state index is 14.9. The smallest absolute Gasteiger partial charge is 0.159 e. The molecule has 4 heterocycles. The predicted molar refractivity (Wildman–Crippen MR) is 189 cm³/mol. The summed E-state index contributed by atoms with van der Waals surface area (Å²) in [7, 11) is 4.08. The van der Waals surface area contributed by atoms with E-state index in [-0.39, 0.29) is 5.82 Å². The molecule has 4 aromatic heterocycles. The minimum Gasteiger partial charge on any atom is -0.354 e. The summed E-state index contributed by atoms with van der Waals surface area (Å²) < 4.78 is 14.9. The number of imidazole rings is 1. The number of H-pyrrole nitrogens is 2. The second-order valence-electron chi connectivity index (χ2n) is 11.7. The topological polar surface area (TPSA) is 98.4 Å². The molecule has 0 fully saturated rings. The van der Waals surface area contributed by atoms with Crippen LogP contribution in [0.5, 0.6) is 0 Å². The second kappa shape index (κ2) is 13.8. The number of fused-ring (bicyclic) bond motifs is 1. The number of aromatic amines is 2. The van der Waals surface area contributed by atoms with Gasteiger partial charge in [0.15, 0.2) is 5.82 Å². The van der Waals surface area contributed by atoms with E-state index in [9.17, 15) is 4.39 Å². The number of hydrogen-bond acceptors (Lipinski definition) is 6. The van der Waals surface area contributed by atoms with Crippen LogP contribution in [-0.2, 0) is 6.42 Å². The van der Waals surface area contributed by atoms with Gasteiger partial charge >= 0.3 is 0 Å². The molecule has 6 rings (SSSR count). The Hall–Kier alpha value is -5.67. The lowest BCUT2D eigenvalue weighted by Crippen LogP contribution is -2.13. The molecule has 2 aromatic carbocycles. The van der Waals surface area contributed by atoms with Gasteiger partial charge in [0.1, 0.15) is 11.5 Å². The first-order valence-electron chi connectivity index (χ1n) is 15.4. The van der Waals surface area contributed by atoms with Gasteiger partial charge in [-0.2, -0.15) is 5.10 Å². The average Bonchev–Trinajstić information content (AvgIpc) is 3.66. The Morgan fingerprint density at radius 1 is 1.02 bits per heavy atom. The van der Waals surface area contributed by atoms with Gasteiger partial charge in [-0.3, -0.25) is 15.1 Å². The number of hydrogen-bond donors (Lipinski definition) is 3. The van der Waals surface area contributed by atoms with Crippen LogP contribution in [0.25, 0.3) is 44.9 Å². The van der Waals surface area contributed by atoms with Crippen LogP contribution in [0.3, 0.4) is 0 Å². The van der Waals surface area contributed by atoms with E-state index in [1.165, 1.54) is 0 Å². The third kappa shape index (κ3) is 7.10. The molecule has 0 saturated carbocycles. The van der Waals surface area contributed by atoms with Crippen molar-refractivity contribution in [1.29, 1.82) is 0 Å². The lowest BCUT2D eigenvalue weighted by atomic mass is 9.97. The molecule has 3 N–H and O–H groups in total. The number of rotatable bonds is 12. The Balaban J connectivity index is 1.31. The quantitative estimate of drug-likeness (QED) is 0.119. The predicted octanol–water partition coefficient (Wildman–Crippen LogP) is 8.05. The first-order valence-corrected chi connectivity index (χ1v) is 15.4. The highest BCUT2D eigenvalue weighted by molar-refractivity contribution is 5.94. The number of nitrogens with one attached hydrogen (secondary N) is 3. The van der Waals surface area contributed by atoms with Crippen LogP contribution in [-0.4, -0.2) is 55.7 Å². The molecule has 9 heteroatoms. The maximum Gasteiger partial charge on any atom is 0.159 e. The molecule has 0 aliphatic carbocycles. The second-order valence-corrected chi connectivity index (χ2v) is 11.7. The molecule has 0 bridgehead atoms. The summed E-state index contributed by atoms with van der Waals surface area (Å²) in [6.07, 6.45) is 10.6. The average molecular weight is 625 g/mol. The van der Waals surface area contributed by atoms with Gasteiger partial charge < -0.3 is 15.2 Å². The van der Waals surface area contributed by atoms with Gasteiger partial charge in [-0.1, -0.05) is 61.7 Å². The summed E-state index contributed by atoms with van der Waals surface area (Å²) in [6, 6.07) is 19.1. The van der Waals surface area contributed by atoms with Crippen molar-refractivity contribution in [2.45, 2.75) is 19.8 Å². The zero-order valence-electron chi connectivity index (χ0n) is 26.8. The van der Waals surface area contributed by atoms with E-state index in [4.69, 9.17) is 4.98 Å². The van der Waals surface area contributed by atoms with Crippen molar-refractivity contribution >= 4 is 27.9 Å². The molecule has 47 heavy (non-hydrogen) atoms. The number of pyridine rings is 2. The molecule has 0 amide bonds. The fourth-order valence-electron chi connectivity index (χ4n) is 5.60. The molecule has 6 aromatic rings. The van der Waals surface area contributed by atoms with Crippen molar-refractivity contribution in [3.05, 3.63) is 138 Å². The van der Waals surface area contributed by atoms with Gasteiger partial charge in [-0.05, 0) is 81.4 Å². The molecule has 0 radical (unpaired) electrons. The van der Waals surface area contributed by atoms with E-state index < -0.39 is 0 Å². The highest BCUT2D eigenvalue weighted by Gasteiger charge is 2.19. The standard InChI is InChI=1S/C38H37FN8/c1-6-11-32(28-16-26(17-30(39)18-28)12-10-15-47(4)5)36-25(3)43-38(44-36)37-33-20-34(41-23-35(33)45-46-37)29-19-31(22-40-21-29)42-24(2)27-13-8-7-9-14-27/h6-9,11,13-14,16-23,42H,1-2,10,12,15H2,3-5H3,(H,43,44)(H,45,46)/b32-11-. The first kappa shape index (κ1) is 31.3. The van der Waals surface area contributed by atoms with E-state index >= 15 is 0 Å². The summed E-state index contributed by atoms with van der Waals surface area (Å²) >= 11 is 0. The molecule has 0 aliphatic heterocycles.